The van der Waals surface area contributed by atoms with Crippen molar-refractivity contribution < 1.29 is 13.2 Å². The van der Waals surface area contributed by atoms with Crippen LogP contribution >= 0.6 is 0 Å². The Morgan fingerprint density at radius 2 is 1.78 bits per heavy atom. The number of anilines is 1. The van der Waals surface area contributed by atoms with E-state index in [0.717, 1.165) is 18.2 Å². The van der Waals surface area contributed by atoms with Crippen LogP contribution < -0.4 is 5.32 Å². The molecular formula is C20H13F3N4. The van der Waals surface area contributed by atoms with Gasteiger partial charge in [0.2, 0.25) is 0 Å². The summed E-state index contributed by atoms with van der Waals surface area (Å²) in [7, 11) is 1.66. The molecule has 0 aliphatic carbocycles. The highest BCUT2D eigenvalue weighted by molar-refractivity contribution is 5.94. The lowest BCUT2D eigenvalue weighted by atomic mass is 10.0. The summed E-state index contributed by atoms with van der Waals surface area (Å²) in [5, 5.41) is 3.35. The highest BCUT2D eigenvalue weighted by Gasteiger charge is 2.18. The molecule has 0 atom stereocenters. The lowest BCUT2D eigenvalue weighted by molar-refractivity contribution is 0.599. The lowest BCUT2D eigenvalue weighted by Gasteiger charge is -2.12. The Morgan fingerprint density at radius 1 is 0.926 bits per heavy atom. The molecule has 0 radical (unpaired) electrons. The molecule has 0 amide bonds. The Labute approximate surface area is 152 Å². The summed E-state index contributed by atoms with van der Waals surface area (Å²) in [4.78, 5) is 12.7. The predicted octanol–water partition coefficient (Wildman–Crippen LogP) is 4.82. The Hall–Kier alpha value is -3.48. The molecule has 2 aromatic heterocycles. The number of nitrogens with zero attached hydrogens (tertiary/aromatic N) is 3. The van der Waals surface area contributed by atoms with Crippen molar-refractivity contribution in [3.63, 3.8) is 0 Å². The molecule has 2 heterocycles. The van der Waals surface area contributed by atoms with E-state index in [1.807, 2.05) is 0 Å². The van der Waals surface area contributed by atoms with Crippen LogP contribution in [0.15, 0.2) is 54.9 Å². The first-order valence-corrected chi connectivity index (χ1v) is 8.12. The van der Waals surface area contributed by atoms with E-state index in [1.165, 1.54) is 6.07 Å². The van der Waals surface area contributed by atoms with Gasteiger partial charge in [0.25, 0.3) is 0 Å². The normalized spacial score (nSPS) is 11.0. The van der Waals surface area contributed by atoms with Gasteiger partial charge in [0.15, 0.2) is 11.6 Å². The molecule has 0 saturated carbocycles. The van der Waals surface area contributed by atoms with Gasteiger partial charge in [0.1, 0.15) is 23.0 Å². The van der Waals surface area contributed by atoms with Gasteiger partial charge in [-0.15, -0.1) is 0 Å². The van der Waals surface area contributed by atoms with Crippen LogP contribution in [-0.2, 0) is 0 Å². The molecule has 134 valence electrons. The standard InChI is InChI=1S/C20H13F3N4/c1-24-20-14-6-5-13(15-9-12(21)4-7-16(15)22)17(23)18(14)26-19(27-20)11-3-2-8-25-10-11/h2-10H,1H3,(H,24,26,27). The zero-order valence-electron chi connectivity index (χ0n) is 14.2. The minimum Gasteiger partial charge on any atom is -0.373 e. The average molecular weight is 366 g/mol. The molecule has 4 nitrogen and oxygen atoms in total. The summed E-state index contributed by atoms with van der Waals surface area (Å²) in [6.07, 6.45) is 3.17. The number of nitrogens with one attached hydrogen (secondary N) is 1. The van der Waals surface area contributed by atoms with Gasteiger partial charge in [-0.05, 0) is 36.4 Å². The first kappa shape index (κ1) is 17.0. The second-order valence-corrected chi connectivity index (χ2v) is 5.83. The topological polar surface area (TPSA) is 50.7 Å². The summed E-state index contributed by atoms with van der Waals surface area (Å²) in [5.41, 5.74) is 0.381. The largest absolute Gasteiger partial charge is 0.373 e. The fourth-order valence-corrected chi connectivity index (χ4v) is 2.89. The van der Waals surface area contributed by atoms with Gasteiger partial charge in [-0.2, -0.15) is 0 Å². The maximum atomic E-state index is 15.3. The SMILES string of the molecule is CNc1nc(-c2cccnc2)nc2c(F)c(-c3cc(F)ccc3F)ccc12. The van der Waals surface area contributed by atoms with Crippen molar-refractivity contribution in [3.05, 3.63) is 72.3 Å². The van der Waals surface area contributed by atoms with Crippen LogP contribution in [0.25, 0.3) is 33.4 Å². The molecule has 0 spiro atoms. The molecule has 7 heteroatoms. The molecular weight excluding hydrogens is 353 g/mol. The third-order valence-corrected chi connectivity index (χ3v) is 4.18. The number of rotatable bonds is 3. The van der Waals surface area contributed by atoms with E-state index in [2.05, 4.69) is 20.3 Å². The fourth-order valence-electron chi connectivity index (χ4n) is 2.89. The van der Waals surface area contributed by atoms with Crippen molar-refractivity contribution in [3.8, 4) is 22.5 Å². The molecule has 1 N–H and O–H groups in total. The number of halogens is 3. The van der Waals surface area contributed by atoms with Gasteiger partial charge in [0, 0.05) is 41.5 Å². The van der Waals surface area contributed by atoms with Crippen LogP contribution in [0.4, 0.5) is 19.0 Å². The van der Waals surface area contributed by atoms with Crippen LogP contribution in [0, 0.1) is 17.5 Å². The van der Waals surface area contributed by atoms with Gasteiger partial charge < -0.3 is 5.32 Å². The maximum Gasteiger partial charge on any atom is 0.163 e. The number of hydrogen-bond acceptors (Lipinski definition) is 4. The Bertz CT molecular complexity index is 1150. The van der Waals surface area contributed by atoms with Crippen molar-refractivity contribution in [2.24, 2.45) is 0 Å². The van der Waals surface area contributed by atoms with E-state index in [1.54, 1.807) is 37.6 Å². The van der Waals surface area contributed by atoms with Crippen LogP contribution in [0.2, 0.25) is 0 Å². The Balaban J connectivity index is 2.00. The second-order valence-electron chi connectivity index (χ2n) is 5.83. The van der Waals surface area contributed by atoms with E-state index in [0.29, 0.717) is 16.8 Å². The molecule has 4 aromatic rings. The summed E-state index contributed by atoms with van der Waals surface area (Å²) < 4.78 is 42.9. The highest BCUT2D eigenvalue weighted by atomic mass is 19.1. The van der Waals surface area contributed by atoms with Crippen molar-refractivity contribution in [2.75, 3.05) is 12.4 Å². The molecule has 0 aliphatic rings. The maximum absolute atomic E-state index is 15.3. The van der Waals surface area contributed by atoms with E-state index in [9.17, 15) is 8.78 Å². The van der Waals surface area contributed by atoms with Gasteiger partial charge in [-0.1, -0.05) is 6.07 Å². The molecule has 2 aromatic carbocycles. The monoisotopic (exact) mass is 366 g/mol. The quantitative estimate of drug-likeness (QED) is 0.565. The van der Waals surface area contributed by atoms with Crippen molar-refractivity contribution >= 4 is 16.7 Å². The molecule has 0 fully saturated rings. The average Bonchev–Trinajstić information content (AvgIpc) is 2.70. The number of pyridine rings is 1. The van der Waals surface area contributed by atoms with Crippen LogP contribution in [0.5, 0.6) is 0 Å². The highest BCUT2D eigenvalue weighted by Crippen LogP contribution is 2.33. The first-order chi connectivity index (χ1) is 13.1. The molecule has 0 unspecified atom stereocenters. The fraction of sp³-hybridized carbons (Fsp3) is 0.0500. The van der Waals surface area contributed by atoms with Crippen LogP contribution in [0.3, 0.4) is 0 Å². The Kier molecular flexibility index (Phi) is 4.19. The smallest absolute Gasteiger partial charge is 0.163 e. The van der Waals surface area contributed by atoms with E-state index >= 15 is 4.39 Å². The summed E-state index contributed by atoms with van der Waals surface area (Å²) in [6, 6.07) is 9.36. The van der Waals surface area contributed by atoms with E-state index in [4.69, 9.17) is 0 Å². The zero-order valence-corrected chi connectivity index (χ0v) is 14.2. The van der Waals surface area contributed by atoms with Gasteiger partial charge in [-0.3, -0.25) is 4.98 Å². The second kappa shape index (κ2) is 6.68. The number of aromatic nitrogens is 3. The molecule has 0 bridgehead atoms. The van der Waals surface area contributed by atoms with Gasteiger partial charge >= 0.3 is 0 Å². The van der Waals surface area contributed by atoms with Crippen LogP contribution in [-0.4, -0.2) is 22.0 Å². The predicted molar refractivity (Wildman–Crippen MR) is 97.6 cm³/mol. The van der Waals surface area contributed by atoms with E-state index in [-0.39, 0.29) is 22.5 Å². The van der Waals surface area contributed by atoms with Crippen molar-refractivity contribution in [1.82, 2.24) is 15.0 Å². The van der Waals surface area contributed by atoms with Crippen molar-refractivity contribution in [1.29, 1.82) is 0 Å². The molecule has 0 aliphatic heterocycles. The third kappa shape index (κ3) is 2.97. The molecule has 4 rings (SSSR count). The minimum absolute atomic E-state index is 0.00867. The van der Waals surface area contributed by atoms with Crippen molar-refractivity contribution in [2.45, 2.75) is 0 Å². The lowest BCUT2D eigenvalue weighted by Crippen LogP contribution is -2.01. The minimum atomic E-state index is -0.749. The zero-order chi connectivity index (χ0) is 19.0. The third-order valence-electron chi connectivity index (χ3n) is 4.18. The first-order valence-electron chi connectivity index (χ1n) is 8.12. The van der Waals surface area contributed by atoms with Crippen LogP contribution in [0.1, 0.15) is 0 Å². The summed E-state index contributed by atoms with van der Waals surface area (Å²) in [6.45, 7) is 0. The van der Waals surface area contributed by atoms with Gasteiger partial charge in [-0.25, -0.2) is 23.1 Å². The Morgan fingerprint density at radius 3 is 2.52 bits per heavy atom. The van der Waals surface area contributed by atoms with E-state index < -0.39 is 17.5 Å². The molecule has 27 heavy (non-hydrogen) atoms. The number of hydrogen-bond donors (Lipinski definition) is 1. The summed E-state index contributed by atoms with van der Waals surface area (Å²) in [5.74, 6) is -1.42. The number of benzene rings is 2. The van der Waals surface area contributed by atoms with Gasteiger partial charge in [0.05, 0.1) is 0 Å². The number of fused-ring (bicyclic) bond motifs is 1. The summed E-state index contributed by atoms with van der Waals surface area (Å²) >= 11 is 0. The molecule has 0 saturated heterocycles.